The molecule has 0 radical (unpaired) electrons. The Morgan fingerprint density at radius 1 is 0.333 bits per heavy atom. The summed E-state index contributed by atoms with van der Waals surface area (Å²) in [6.07, 6.45) is 0. The first kappa shape index (κ1) is 25.0. The maximum absolute atomic E-state index is 5.73. The van der Waals surface area contributed by atoms with Crippen LogP contribution in [0.15, 0.2) is 25.4 Å². The summed E-state index contributed by atoms with van der Waals surface area (Å²) in [5, 5.41) is 0. The van der Waals surface area contributed by atoms with E-state index in [0.717, 1.165) is 24.7 Å². The number of ether oxygens (including phenoxy) is 4. The van der Waals surface area contributed by atoms with E-state index in [1.165, 1.54) is 36.9 Å². The Labute approximate surface area is 212 Å². The van der Waals surface area contributed by atoms with Crippen molar-refractivity contribution in [2.75, 3.05) is 75.9 Å². The van der Waals surface area contributed by atoms with E-state index < -0.39 is 0 Å². The molecule has 0 fully saturated rings. The van der Waals surface area contributed by atoms with Gasteiger partial charge in [0, 0.05) is 23.0 Å². The highest BCUT2D eigenvalue weighted by atomic mass is 32.3. The molecule has 0 aromatic rings. The van der Waals surface area contributed by atoms with Crippen LogP contribution in [0.2, 0.25) is 0 Å². The second-order valence-electron chi connectivity index (χ2n) is 5.98. The van der Waals surface area contributed by atoms with Crippen molar-refractivity contribution in [3.8, 4) is 0 Å². The summed E-state index contributed by atoms with van der Waals surface area (Å²) >= 11 is 15.7. The molecule has 0 atom stereocenters. The van der Waals surface area contributed by atoms with Gasteiger partial charge in [0.15, 0.2) is 0 Å². The second kappa shape index (κ2) is 14.3. The molecule has 0 aliphatic carbocycles. The zero-order chi connectivity index (χ0) is 20.4. The molecule has 4 aliphatic heterocycles. The van der Waals surface area contributed by atoms with Gasteiger partial charge in [-0.15, -0.1) is 47.0 Å². The van der Waals surface area contributed by atoms with Gasteiger partial charge in [-0.05, 0) is 0 Å². The van der Waals surface area contributed by atoms with Crippen LogP contribution < -0.4 is 0 Å². The van der Waals surface area contributed by atoms with Crippen LogP contribution in [0.3, 0.4) is 0 Å². The summed E-state index contributed by atoms with van der Waals surface area (Å²) in [4.78, 5) is 0. The van der Waals surface area contributed by atoms with Crippen molar-refractivity contribution in [3.63, 3.8) is 0 Å². The highest BCUT2D eigenvalue weighted by Gasteiger charge is 2.31. The smallest absolute Gasteiger partial charge is 0.0717 e. The van der Waals surface area contributed by atoms with Gasteiger partial charge in [-0.1, -0.05) is 47.0 Å². The number of rotatable bonds is 0. The predicted octanol–water partition coefficient (Wildman–Crippen LogP) is 6.35. The van der Waals surface area contributed by atoms with Crippen LogP contribution in [-0.2, 0) is 18.9 Å². The van der Waals surface area contributed by atoms with Crippen molar-refractivity contribution in [2.24, 2.45) is 0 Å². The molecule has 168 valence electrons. The van der Waals surface area contributed by atoms with Crippen molar-refractivity contribution in [1.82, 2.24) is 0 Å². The molecular weight excluding hydrogens is 537 g/mol. The molecule has 4 nitrogen and oxygen atoms in total. The summed E-state index contributed by atoms with van der Waals surface area (Å²) in [6, 6.07) is 0. The zero-order valence-corrected chi connectivity index (χ0v) is 22.9. The Hall–Kier alpha value is 1.86. The van der Waals surface area contributed by atoms with Crippen molar-refractivity contribution < 1.29 is 18.9 Å². The van der Waals surface area contributed by atoms with Crippen LogP contribution in [0.5, 0.6) is 0 Å². The minimum atomic E-state index is 0.612. The lowest BCUT2D eigenvalue weighted by Crippen LogP contribution is -2.13. The minimum Gasteiger partial charge on any atom is -0.378 e. The van der Waals surface area contributed by atoms with Gasteiger partial charge in [0.2, 0.25) is 0 Å². The van der Waals surface area contributed by atoms with Crippen molar-refractivity contribution in [3.05, 3.63) is 25.4 Å². The molecule has 4 aliphatic rings. The van der Waals surface area contributed by atoms with Crippen molar-refractivity contribution in [1.29, 1.82) is 0 Å². The van der Waals surface area contributed by atoms with E-state index in [-0.39, 0.29) is 0 Å². The largest absolute Gasteiger partial charge is 0.378 e. The van der Waals surface area contributed by atoms with Crippen LogP contribution in [-0.4, -0.2) is 75.9 Å². The average Bonchev–Trinajstić information content (AvgIpc) is 3.37. The Morgan fingerprint density at radius 3 is 1.00 bits per heavy atom. The molecule has 0 aromatic carbocycles. The van der Waals surface area contributed by atoms with Gasteiger partial charge in [-0.3, -0.25) is 0 Å². The van der Waals surface area contributed by atoms with E-state index in [1.807, 2.05) is 94.1 Å². The third kappa shape index (κ3) is 7.97. The standard InChI is InChI=1S/C18H24O4S8/c1-2-20-4-6-22-8-10-24-14-13(23-9-7-21-5-3-19-1)27-17(28-14)18-29-15-16(30-18)26-12-11-25-15/h1-12H2. The Balaban J connectivity index is 1.33. The van der Waals surface area contributed by atoms with E-state index in [1.54, 1.807) is 0 Å². The van der Waals surface area contributed by atoms with Gasteiger partial charge < -0.3 is 18.9 Å². The number of thioether (sulfide) groups is 8. The fourth-order valence-corrected chi connectivity index (χ4v) is 14.4. The Morgan fingerprint density at radius 2 is 0.633 bits per heavy atom. The highest BCUT2D eigenvalue weighted by molar-refractivity contribution is 8.45. The van der Waals surface area contributed by atoms with E-state index in [2.05, 4.69) is 0 Å². The normalized spacial score (nSPS) is 26.4. The van der Waals surface area contributed by atoms with Gasteiger partial charge in [-0.2, -0.15) is 0 Å². The first-order valence-corrected chi connectivity index (χ1v) is 16.9. The quantitative estimate of drug-likeness (QED) is 0.331. The topological polar surface area (TPSA) is 36.9 Å². The molecule has 4 rings (SSSR count). The Kier molecular flexibility index (Phi) is 11.9. The maximum atomic E-state index is 5.73. The molecule has 0 saturated carbocycles. The van der Waals surface area contributed by atoms with Gasteiger partial charge >= 0.3 is 0 Å². The number of hydrogen-bond acceptors (Lipinski definition) is 12. The average molecular weight is 561 g/mol. The van der Waals surface area contributed by atoms with E-state index >= 15 is 0 Å². The molecule has 4 heterocycles. The number of hydrogen-bond donors (Lipinski definition) is 0. The van der Waals surface area contributed by atoms with Crippen molar-refractivity contribution in [2.45, 2.75) is 0 Å². The summed E-state index contributed by atoms with van der Waals surface area (Å²) < 4.78 is 31.3. The highest BCUT2D eigenvalue weighted by Crippen LogP contribution is 2.66. The third-order valence-corrected chi connectivity index (χ3v) is 15.6. The summed E-state index contributed by atoms with van der Waals surface area (Å²) in [5.74, 6) is 4.40. The first-order valence-electron chi connectivity index (χ1n) is 9.66. The van der Waals surface area contributed by atoms with Crippen LogP contribution >= 0.6 is 94.1 Å². The molecule has 0 N–H and O–H groups in total. The monoisotopic (exact) mass is 560 g/mol. The molecule has 0 spiro atoms. The fourth-order valence-electron chi connectivity index (χ4n) is 2.48. The summed E-state index contributed by atoms with van der Waals surface area (Å²) in [7, 11) is 0. The maximum Gasteiger partial charge on any atom is 0.0717 e. The van der Waals surface area contributed by atoms with Gasteiger partial charge in [0.25, 0.3) is 0 Å². The molecular formula is C18H24O4S8. The Bertz CT molecular complexity index is 629. The fraction of sp³-hybridized carbons (Fsp3) is 0.667. The predicted molar refractivity (Wildman–Crippen MR) is 145 cm³/mol. The van der Waals surface area contributed by atoms with E-state index in [0.29, 0.717) is 39.6 Å². The molecule has 0 aromatic heterocycles. The van der Waals surface area contributed by atoms with Crippen LogP contribution in [0.4, 0.5) is 0 Å². The van der Waals surface area contributed by atoms with Crippen LogP contribution in [0, 0.1) is 0 Å². The first-order chi connectivity index (χ1) is 14.9. The molecule has 30 heavy (non-hydrogen) atoms. The third-order valence-electron chi connectivity index (χ3n) is 3.83. The van der Waals surface area contributed by atoms with Crippen LogP contribution in [0.25, 0.3) is 0 Å². The van der Waals surface area contributed by atoms with Gasteiger partial charge in [0.1, 0.15) is 0 Å². The minimum absolute atomic E-state index is 0.612. The zero-order valence-electron chi connectivity index (χ0n) is 16.4. The lowest BCUT2D eigenvalue weighted by molar-refractivity contribution is 0.00147. The molecule has 0 bridgehead atoms. The molecule has 12 heteroatoms. The lowest BCUT2D eigenvalue weighted by atomic mass is 10.7. The van der Waals surface area contributed by atoms with E-state index in [9.17, 15) is 0 Å². The van der Waals surface area contributed by atoms with Crippen molar-refractivity contribution >= 4 is 94.1 Å². The van der Waals surface area contributed by atoms with Gasteiger partial charge in [0.05, 0.1) is 78.3 Å². The molecule has 0 saturated heterocycles. The SMILES string of the molecule is C1COCCOCCSC2=C(SCCOCCO1)SC(=C1SC3=C(SCCS3)S1)S2. The summed E-state index contributed by atoms with van der Waals surface area (Å²) in [5.41, 5.74) is 0. The summed E-state index contributed by atoms with van der Waals surface area (Å²) in [6.45, 7) is 5.25. The van der Waals surface area contributed by atoms with Gasteiger partial charge in [-0.25, -0.2) is 0 Å². The molecule has 0 unspecified atom stereocenters. The molecule has 0 amide bonds. The lowest BCUT2D eigenvalue weighted by Gasteiger charge is -2.09. The van der Waals surface area contributed by atoms with E-state index in [4.69, 9.17) is 18.9 Å². The van der Waals surface area contributed by atoms with Crippen LogP contribution in [0.1, 0.15) is 0 Å². The second-order valence-corrected chi connectivity index (χ2v) is 16.0.